The maximum Gasteiger partial charge on any atom is 0.255 e. The van der Waals surface area contributed by atoms with Crippen molar-refractivity contribution in [3.05, 3.63) is 48.0 Å². The van der Waals surface area contributed by atoms with Gasteiger partial charge in [-0.2, -0.15) is 0 Å². The lowest BCUT2D eigenvalue weighted by Crippen LogP contribution is -2.12. The second-order valence-electron chi connectivity index (χ2n) is 4.18. The second-order valence-corrected chi connectivity index (χ2v) is 5.06. The van der Waals surface area contributed by atoms with Crippen molar-refractivity contribution in [2.24, 2.45) is 0 Å². The number of carbonyl (C=O) groups is 1. The van der Waals surface area contributed by atoms with Crippen LogP contribution < -0.4 is 15.8 Å². The fraction of sp³-hybridized carbons (Fsp3) is 0.133. The van der Waals surface area contributed by atoms with Crippen LogP contribution in [0.5, 0.6) is 5.75 Å². The van der Waals surface area contributed by atoms with E-state index in [0.717, 1.165) is 10.6 Å². The Balaban J connectivity index is 2.16. The lowest BCUT2D eigenvalue weighted by Gasteiger charge is -2.08. The van der Waals surface area contributed by atoms with Crippen molar-refractivity contribution >= 4 is 29.0 Å². The zero-order valence-electron chi connectivity index (χ0n) is 11.3. The van der Waals surface area contributed by atoms with E-state index in [9.17, 15) is 4.79 Å². The highest BCUT2D eigenvalue weighted by Gasteiger charge is 2.08. The summed E-state index contributed by atoms with van der Waals surface area (Å²) in [6, 6.07) is 12.6. The third-order valence-corrected chi connectivity index (χ3v) is 3.52. The lowest BCUT2D eigenvalue weighted by molar-refractivity contribution is 0.102. The van der Waals surface area contributed by atoms with E-state index in [4.69, 9.17) is 10.5 Å². The van der Waals surface area contributed by atoms with Crippen molar-refractivity contribution in [3.8, 4) is 5.75 Å². The number of methoxy groups -OCH3 is 1. The van der Waals surface area contributed by atoms with E-state index in [-0.39, 0.29) is 5.91 Å². The number of nitrogens with two attached hydrogens (primary N) is 1. The van der Waals surface area contributed by atoms with E-state index in [2.05, 4.69) is 5.32 Å². The van der Waals surface area contributed by atoms with Crippen LogP contribution in [-0.2, 0) is 0 Å². The molecule has 0 aliphatic rings. The summed E-state index contributed by atoms with van der Waals surface area (Å²) in [7, 11) is 1.54. The van der Waals surface area contributed by atoms with Crippen molar-refractivity contribution in [1.82, 2.24) is 0 Å². The Bertz CT molecular complexity index is 612. The van der Waals surface area contributed by atoms with Gasteiger partial charge in [0.2, 0.25) is 0 Å². The zero-order chi connectivity index (χ0) is 14.5. The average Bonchev–Trinajstić information content (AvgIpc) is 2.47. The summed E-state index contributed by atoms with van der Waals surface area (Å²) in [5, 5.41) is 2.83. The molecule has 2 aromatic rings. The van der Waals surface area contributed by atoms with Crippen LogP contribution in [0.1, 0.15) is 10.4 Å². The molecule has 0 saturated carbocycles. The summed E-state index contributed by atoms with van der Waals surface area (Å²) >= 11 is 1.65. The predicted octanol–water partition coefficient (Wildman–Crippen LogP) is 3.25. The van der Waals surface area contributed by atoms with Crippen molar-refractivity contribution in [2.45, 2.75) is 4.90 Å². The summed E-state index contributed by atoms with van der Waals surface area (Å²) in [6.45, 7) is 0. The summed E-state index contributed by atoms with van der Waals surface area (Å²) < 4.78 is 5.10. The molecule has 0 radical (unpaired) electrons. The van der Waals surface area contributed by atoms with E-state index in [0.29, 0.717) is 17.0 Å². The minimum atomic E-state index is -0.215. The van der Waals surface area contributed by atoms with Gasteiger partial charge in [-0.15, -0.1) is 11.8 Å². The molecule has 4 nitrogen and oxygen atoms in total. The van der Waals surface area contributed by atoms with E-state index >= 15 is 0 Å². The Morgan fingerprint density at radius 2 is 1.90 bits per heavy atom. The molecule has 5 heteroatoms. The van der Waals surface area contributed by atoms with Crippen LogP contribution in [0.25, 0.3) is 0 Å². The smallest absolute Gasteiger partial charge is 0.255 e. The maximum atomic E-state index is 12.2. The summed E-state index contributed by atoms with van der Waals surface area (Å²) in [4.78, 5) is 13.3. The molecule has 0 aromatic heterocycles. The highest BCUT2D eigenvalue weighted by molar-refractivity contribution is 7.98. The van der Waals surface area contributed by atoms with Gasteiger partial charge in [-0.3, -0.25) is 4.79 Å². The molecule has 20 heavy (non-hydrogen) atoms. The maximum absolute atomic E-state index is 12.2. The molecule has 104 valence electrons. The molecule has 0 aliphatic carbocycles. The van der Waals surface area contributed by atoms with Crippen LogP contribution >= 0.6 is 11.8 Å². The van der Waals surface area contributed by atoms with Crippen molar-refractivity contribution in [3.63, 3.8) is 0 Å². The SMILES string of the molecule is COc1cc(N)cc(C(=O)Nc2ccc(SC)cc2)c1. The van der Waals surface area contributed by atoms with Gasteiger partial charge in [0.05, 0.1) is 7.11 Å². The number of thioether (sulfide) groups is 1. The van der Waals surface area contributed by atoms with Gasteiger partial charge in [-0.1, -0.05) is 0 Å². The first-order valence-electron chi connectivity index (χ1n) is 6.02. The van der Waals surface area contributed by atoms with Crippen LogP contribution in [0.4, 0.5) is 11.4 Å². The first-order valence-corrected chi connectivity index (χ1v) is 7.25. The normalized spacial score (nSPS) is 10.1. The van der Waals surface area contributed by atoms with E-state index in [1.807, 2.05) is 30.5 Å². The molecule has 1 amide bonds. The number of nitrogens with one attached hydrogen (secondary N) is 1. The topological polar surface area (TPSA) is 64.3 Å². The van der Waals surface area contributed by atoms with Gasteiger partial charge in [0.15, 0.2) is 0 Å². The molecule has 0 bridgehead atoms. The first-order chi connectivity index (χ1) is 9.62. The van der Waals surface area contributed by atoms with Gasteiger partial charge in [0.25, 0.3) is 5.91 Å². The van der Waals surface area contributed by atoms with E-state index in [1.54, 1.807) is 30.0 Å². The minimum absolute atomic E-state index is 0.215. The van der Waals surface area contributed by atoms with Crippen molar-refractivity contribution < 1.29 is 9.53 Å². The molecule has 3 N–H and O–H groups in total. The van der Waals surface area contributed by atoms with E-state index < -0.39 is 0 Å². The molecule has 0 atom stereocenters. The molecule has 0 spiro atoms. The molecular formula is C15H16N2O2S. The fourth-order valence-electron chi connectivity index (χ4n) is 1.75. The average molecular weight is 288 g/mol. The second kappa shape index (κ2) is 6.34. The quantitative estimate of drug-likeness (QED) is 0.669. The Morgan fingerprint density at radius 3 is 2.50 bits per heavy atom. The van der Waals surface area contributed by atoms with Crippen molar-refractivity contribution in [1.29, 1.82) is 0 Å². The van der Waals surface area contributed by atoms with E-state index in [1.165, 1.54) is 7.11 Å². The number of hydrogen-bond acceptors (Lipinski definition) is 4. The van der Waals surface area contributed by atoms with Crippen LogP contribution in [-0.4, -0.2) is 19.3 Å². The third-order valence-electron chi connectivity index (χ3n) is 2.77. The Hall–Kier alpha value is -2.14. The Kier molecular flexibility index (Phi) is 4.53. The summed E-state index contributed by atoms with van der Waals surface area (Å²) in [5.74, 6) is 0.348. The van der Waals surface area contributed by atoms with Crippen LogP contribution in [0.2, 0.25) is 0 Å². The molecular weight excluding hydrogens is 272 g/mol. The van der Waals surface area contributed by atoms with Crippen LogP contribution in [0.3, 0.4) is 0 Å². The van der Waals surface area contributed by atoms with Crippen molar-refractivity contribution in [2.75, 3.05) is 24.4 Å². The zero-order valence-corrected chi connectivity index (χ0v) is 12.2. The largest absolute Gasteiger partial charge is 0.497 e. The van der Waals surface area contributed by atoms with Gasteiger partial charge in [0.1, 0.15) is 5.75 Å². The number of anilines is 2. The Morgan fingerprint density at radius 1 is 1.20 bits per heavy atom. The molecule has 0 aliphatic heterocycles. The molecule has 0 saturated heterocycles. The van der Waals surface area contributed by atoms with Gasteiger partial charge >= 0.3 is 0 Å². The third kappa shape index (κ3) is 3.45. The predicted molar refractivity (Wildman–Crippen MR) is 83.6 cm³/mol. The molecule has 0 fully saturated rings. The number of ether oxygens (including phenoxy) is 1. The number of benzene rings is 2. The lowest BCUT2D eigenvalue weighted by atomic mass is 10.1. The van der Waals surface area contributed by atoms with Crippen LogP contribution in [0.15, 0.2) is 47.4 Å². The number of amides is 1. The van der Waals surface area contributed by atoms with Gasteiger partial charge in [-0.25, -0.2) is 0 Å². The number of hydrogen-bond donors (Lipinski definition) is 2. The number of rotatable bonds is 4. The number of carbonyl (C=O) groups excluding carboxylic acids is 1. The monoisotopic (exact) mass is 288 g/mol. The fourth-order valence-corrected chi connectivity index (χ4v) is 2.16. The Labute approximate surface area is 122 Å². The standard InChI is InChI=1S/C15H16N2O2S/c1-19-13-8-10(7-11(16)9-13)15(18)17-12-3-5-14(20-2)6-4-12/h3-9H,16H2,1-2H3,(H,17,18). The number of nitrogen functional groups attached to an aromatic ring is 1. The molecule has 2 aromatic carbocycles. The molecule has 0 heterocycles. The van der Waals surface area contributed by atoms with Gasteiger partial charge in [-0.05, 0) is 42.7 Å². The van der Waals surface area contributed by atoms with Gasteiger partial charge in [0, 0.05) is 27.9 Å². The summed E-state index contributed by atoms with van der Waals surface area (Å²) in [5.41, 5.74) is 7.45. The summed E-state index contributed by atoms with van der Waals surface area (Å²) in [6.07, 6.45) is 2.01. The highest BCUT2D eigenvalue weighted by Crippen LogP contribution is 2.21. The minimum Gasteiger partial charge on any atom is -0.497 e. The highest BCUT2D eigenvalue weighted by atomic mass is 32.2. The van der Waals surface area contributed by atoms with Gasteiger partial charge < -0.3 is 15.8 Å². The molecule has 0 unspecified atom stereocenters. The van der Waals surface area contributed by atoms with Crippen LogP contribution in [0, 0.1) is 0 Å². The first kappa shape index (κ1) is 14.3. The molecule has 2 rings (SSSR count).